The number of hydrogen-bond acceptors (Lipinski definition) is 8. The average molecular weight is 325 g/mol. The first-order valence-electron chi connectivity index (χ1n) is 7.97. The quantitative estimate of drug-likeness (QED) is 0.863. The van der Waals surface area contributed by atoms with Gasteiger partial charge < -0.3 is 15.4 Å². The van der Waals surface area contributed by atoms with Gasteiger partial charge in [0.1, 0.15) is 11.8 Å². The molecular formula is C16H19N7O. The van der Waals surface area contributed by atoms with Crippen LogP contribution in [0.4, 0.5) is 17.6 Å². The minimum atomic E-state index is 0.0636. The summed E-state index contributed by atoms with van der Waals surface area (Å²) in [6.07, 6.45) is 7.48. The fraction of sp³-hybridized carbons (Fsp3) is 0.438. The molecule has 0 amide bonds. The molecule has 1 saturated carbocycles. The van der Waals surface area contributed by atoms with Gasteiger partial charge in [-0.15, -0.1) is 0 Å². The van der Waals surface area contributed by atoms with Crippen molar-refractivity contribution in [3.63, 3.8) is 0 Å². The Kier molecular flexibility index (Phi) is 5.01. The summed E-state index contributed by atoms with van der Waals surface area (Å²) in [4.78, 5) is 16.7. The van der Waals surface area contributed by atoms with Gasteiger partial charge in [0.2, 0.25) is 23.6 Å². The molecule has 0 bridgehead atoms. The molecule has 1 aliphatic rings. The summed E-state index contributed by atoms with van der Waals surface area (Å²) in [5.74, 6) is 1.19. The number of pyridine rings is 1. The smallest absolute Gasteiger partial charge is 0.238 e. The van der Waals surface area contributed by atoms with Crippen LogP contribution >= 0.6 is 0 Å². The Morgan fingerprint density at radius 3 is 2.71 bits per heavy atom. The topological polar surface area (TPSA) is 109 Å². The normalized spacial score (nSPS) is 14.7. The molecule has 24 heavy (non-hydrogen) atoms. The number of nitriles is 1. The van der Waals surface area contributed by atoms with Crippen molar-refractivity contribution in [1.82, 2.24) is 19.9 Å². The van der Waals surface area contributed by atoms with Gasteiger partial charge in [-0.25, -0.2) is 4.98 Å². The van der Waals surface area contributed by atoms with E-state index in [1.165, 1.54) is 26.4 Å². The molecule has 2 aromatic rings. The van der Waals surface area contributed by atoms with Gasteiger partial charge in [0, 0.05) is 12.2 Å². The van der Waals surface area contributed by atoms with Crippen LogP contribution in [0, 0.1) is 11.3 Å². The van der Waals surface area contributed by atoms with Crippen molar-refractivity contribution in [2.24, 2.45) is 0 Å². The first kappa shape index (κ1) is 15.9. The highest BCUT2D eigenvalue weighted by molar-refractivity contribution is 5.60. The Bertz CT molecular complexity index is 737. The number of methoxy groups -OCH3 is 1. The van der Waals surface area contributed by atoms with Crippen molar-refractivity contribution in [2.45, 2.75) is 38.1 Å². The van der Waals surface area contributed by atoms with E-state index >= 15 is 0 Å². The van der Waals surface area contributed by atoms with E-state index < -0.39 is 0 Å². The Balaban J connectivity index is 1.82. The van der Waals surface area contributed by atoms with Crippen LogP contribution in [0.3, 0.4) is 0 Å². The predicted octanol–water partition coefficient (Wildman–Crippen LogP) is 2.64. The first-order valence-corrected chi connectivity index (χ1v) is 7.97. The van der Waals surface area contributed by atoms with Crippen molar-refractivity contribution in [2.75, 3.05) is 17.7 Å². The minimum Gasteiger partial charge on any atom is -0.480 e. The first-order chi connectivity index (χ1) is 11.8. The van der Waals surface area contributed by atoms with E-state index in [9.17, 15) is 0 Å². The summed E-state index contributed by atoms with van der Waals surface area (Å²) in [6.45, 7) is 0. The molecule has 0 unspecified atom stereocenters. The molecule has 8 heteroatoms. The molecule has 0 atom stereocenters. The highest BCUT2D eigenvalue weighted by Crippen LogP contribution is 2.24. The minimum absolute atomic E-state index is 0.0636. The largest absolute Gasteiger partial charge is 0.480 e. The molecule has 2 N–H and O–H groups in total. The van der Waals surface area contributed by atoms with Gasteiger partial charge in [-0.05, 0) is 25.0 Å². The molecule has 0 aliphatic heterocycles. The molecule has 0 radical (unpaired) electrons. The summed E-state index contributed by atoms with van der Waals surface area (Å²) >= 11 is 0. The molecule has 1 fully saturated rings. The summed E-state index contributed by atoms with van der Waals surface area (Å²) in [6, 6.07) is 5.89. The third kappa shape index (κ3) is 3.87. The summed E-state index contributed by atoms with van der Waals surface area (Å²) < 4.78 is 5.20. The maximum absolute atomic E-state index is 9.16. The predicted molar refractivity (Wildman–Crippen MR) is 89.1 cm³/mol. The number of hydrogen-bond donors (Lipinski definition) is 2. The molecule has 2 aromatic heterocycles. The van der Waals surface area contributed by atoms with E-state index in [0.29, 0.717) is 23.6 Å². The van der Waals surface area contributed by atoms with E-state index in [4.69, 9.17) is 10.00 Å². The van der Waals surface area contributed by atoms with Crippen molar-refractivity contribution in [3.05, 3.63) is 24.2 Å². The molecule has 0 aromatic carbocycles. The van der Waals surface area contributed by atoms with Gasteiger partial charge in [-0.3, -0.25) is 0 Å². The van der Waals surface area contributed by atoms with Crippen LogP contribution in [-0.4, -0.2) is 33.1 Å². The monoisotopic (exact) mass is 325 g/mol. The van der Waals surface area contributed by atoms with Crippen LogP contribution in [0.5, 0.6) is 5.88 Å². The highest BCUT2D eigenvalue weighted by atomic mass is 16.5. The number of nitrogens with one attached hydrogen (secondary N) is 2. The second kappa shape index (κ2) is 7.55. The van der Waals surface area contributed by atoms with Gasteiger partial charge in [0.25, 0.3) is 0 Å². The Hall–Kier alpha value is -2.95. The van der Waals surface area contributed by atoms with E-state index in [1.54, 1.807) is 18.3 Å². The summed E-state index contributed by atoms with van der Waals surface area (Å²) in [5.41, 5.74) is 0.624. The molecule has 1 aliphatic carbocycles. The summed E-state index contributed by atoms with van der Waals surface area (Å²) in [5, 5.41) is 15.5. The SMILES string of the molecule is COc1ncccc1Nc1nc(C#N)nc(NC2CCCCC2)n1. The number of ether oxygens (including phenoxy) is 1. The molecule has 2 heterocycles. The van der Waals surface area contributed by atoms with E-state index in [1.807, 2.05) is 6.07 Å². The maximum atomic E-state index is 9.16. The molecule has 3 rings (SSSR count). The van der Waals surface area contributed by atoms with Crippen LogP contribution in [0.15, 0.2) is 18.3 Å². The van der Waals surface area contributed by atoms with Crippen LogP contribution in [0.1, 0.15) is 37.9 Å². The van der Waals surface area contributed by atoms with Crippen LogP contribution in [-0.2, 0) is 0 Å². The van der Waals surface area contributed by atoms with E-state index in [-0.39, 0.29) is 11.8 Å². The Morgan fingerprint density at radius 2 is 1.96 bits per heavy atom. The van der Waals surface area contributed by atoms with Gasteiger partial charge in [0.15, 0.2) is 0 Å². The zero-order valence-electron chi connectivity index (χ0n) is 13.5. The Labute approximate surface area is 140 Å². The fourth-order valence-corrected chi connectivity index (χ4v) is 2.74. The van der Waals surface area contributed by atoms with Crippen LogP contribution in [0.2, 0.25) is 0 Å². The van der Waals surface area contributed by atoms with Gasteiger partial charge in [0.05, 0.1) is 7.11 Å². The number of nitrogens with zero attached hydrogens (tertiary/aromatic N) is 5. The van der Waals surface area contributed by atoms with E-state index in [2.05, 4.69) is 30.6 Å². The van der Waals surface area contributed by atoms with Crippen molar-refractivity contribution >= 4 is 17.6 Å². The third-order valence-electron chi connectivity index (χ3n) is 3.88. The third-order valence-corrected chi connectivity index (χ3v) is 3.88. The van der Waals surface area contributed by atoms with Crippen LogP contribution < -0.4 is 15.4 Å². The summed E-state index contributed by atoms with van der Waals surface area (Å²) in [7, 11) is 1.54. The van der Waals surface area contributed by atoms with Crippen LogP contribution in [0.25, 0.3) is 0 Å². The fourth-order valence-electron chi connectivity index (χ4n) is 2.74. The zero-order chi connectivity index (χ0) is 16.8. The lowest BCUT2D eigenvalue weighted by Gasteiger charge is -2.22. The molecular weight excluding hydrogens is 306 g/mol. The Morgan fingerprint density at radius 1 is 1.17 bits per heavy atom. The van der Waals surface area contributed by atoms with Gasteiger partial charge >= 0.3 is 0 Å². The molecule has 124 valence electrons. The lowest BCUT2D eigenvalue weighted by atomic mass is 9.96. The lowest BCUT2D eigenvalue weighted by molar-refractivity contribution is 0.400. The molecule has 8 nitrogen and oxygen atoms in total. The zero-order valence-corrected chi connectivity index (χ0v) is 13.5. The van der Waals surface area contributed by atoms with E-state index in [0.717, 1.165) is 12.8 Å². The van der Waals surface area contributed by atoms with Gasteiger partial charge in [-0.1, -0.05) is 19.3 Å². The molecule has 0 saturated heterocycles. The lowest BCUT2D eigenvalue weighted by Crippen LogP contribution is -2.24. The number of aromatic nitrogens is 4. The highest BCUT2D eigenvalue weighted by Gasteiger charge is 2.16. The average Bonchev–Trinajstić information content (AvgIpc) is 2.63. The van der Waals surface area contributed by atoms with Gasteiger partial charge in [-0.2, -0.15) is 20.2 Å². The standard InChI is InChI=1S/C16H19N7O/c1-24-14-12(8-5-9-18-14)20-16-22-13(10-17)21-15(23-16)19-11-6-3-2-4-7-11/h5,8-9,11H,2-4,6-7H2,1H3,(H2,19,20,21,22,23). The second-order valence-electron chi connectivity index (χ2n) is 5.58. The second-order valence-corrected chi connectivity index (χ2v) is 5.58. The van der Waals surface area contributed by atoms with Crippen molar-refractivity contribution in [1.29, 1.82) is 5.26 Å². The van der Waals surface area contributed by atoms with Crippen molar-refractivity contribution in [3.8, 4) is 11.9 Å². The maximum Gasteiger partial charge on any atom is 0.238 e. The number of anilines is 3. The van der Waals surface area contributed by atoms with Crippen molar-refractivity contribution < 1.29 is 4.74 Å². The number of rotatable bonds is 5. The molecule has 0 spiro atoms.